The quantitative estimate of drug-likeness (QED) is 0.615. The SMILES string of the molecule is COC(=O)c1cc2c(CN3CCCC(C(N)=O)C3)cn(Cc3ccc(F)cc3)c2cn1. The van der Waals surface area contributed by atoms with Crippen LogP contribution in [0.15, 0.2) is 42.7 Å². The van der Waals surface area contributed by atoms with Crippen molar-refractivity contribution in [2.45, 2.75) is 25.9 Å². The van der Waals surface area contributed by atoms with Crippen molar-refractivity contribution >= 4 is 22.8 Å². The molecule has 7 nitrogen and oxygen atoms in total. The van der Waals surface area contributed by atoms with Crippen LogP contribution in [0.4, 0.5) is 4.39 Å². The van der Waals surface area contributed by atoms with Crippen LogP contribution in [0.1, 0.15) is 34.5 Å². The van der Waals surface area contributed by atoms with Crippen LogP contribution in [0.5, 0.6) is 0 Å². The largest absolute Gasteiger partial charge is 0.464 e. The minimum absolute atomic E-state index is 0.145. The van der Waals surface area contributed by atoms with Gasteiger partial charge < -0.3 is 15.0 Å². The Morgan fingerprint density at radius 3 is 2.74 bits per heavy atom. The van der Waals surface area contributed by atoms with Crippen LogP contribution in [0.3, 0.4) is 0 Å². The van der Waals surface area contributed by atoms with E-state index in [9.17, 15) is 14.0 Å². The molecule has 0 aliphatic carbocycles. The van der Waals surface area contributed by atoms with Gasteiger partial charge in [-0.3, -0.25) is 9.69 Å². The fraction of sp³-hybridized carbons (Fsp3) is 0.348. The molecule has 4 rings (SSSR count). The molecule has 0 saturated carbocycles. The van der Waals surface area contributed by atoms with E-state index in [1.54, 1.807) is 24.4 Å². The maximum atomic E-state index is 13.3. The van der Waals surface area contributed by atoms with Gasteiger partial charge in [0, 0.05) is 31.2 Å². The van der Waals surface area contributed by atoms with Gasteiger partial charge in [0.05, 0.1) is 24.7 Å². The lowest BCUT2D eigenvalue weighted by Gasteiger charge is -2.30. The third kappa shape index (κ3) is 4.59. The molecule has 1 unspecified atom stereocenters. The Kier molecular flexibility index (Phi) is 5.99. The van der Waals surface area contributed by atoms with Crippen molar-refractivity contribution in [3.8, 4) is 0 Å². The minimum atomic E-state index is -0.495. The van der Waals surface area contributed by atoms with Crippen molar-refractivity contribution in [2.24, 2.45) is 11.7 Å². The van der Waals surface area contributed by atoms with E-state index < -0.39 is 5.97 Å². The van der Waals surface area contributed by atoms with E-state index in [1.807, 2.05) is 10.8 Å². The number of nitrogens with two attached hydrogens (primary N) is 1. The number of ether oxygens (including phenoxy) is 1. The van der Waals surface area contributed by atoms with Gasteiger partial charge in [-0.15, -0.1) is 0 Å². The minimum Gasteiger partial charge on any atom is -0.464 e. The van der Waals surface area contributed by atoms with E-state index in [4.69, 9.17) is 10.5 Å². The number of methoxy groups -OCH3 is 1. The third-order valence-corrected chi connectivity index (χ3v) is 5.81. The number of benzene rings is 1. The summed E-state index contributed by atoms with van der Waals surface area (Å²) in [6.07, 6.45) is 5.42. The van der Waals surface area contributed by atoms with E-state index in [-0.39, 0.29) is 23.3 Å². The molecule has 2 N–H and O–H groups in total. The van der Waals surface area contributed by atoms with Gasteiger partial charge in [0.15, 0.2) is 0 Å². The first kappa shape index (κ1) is 21.0. The predicted octanol–water partition coefficient (Wildman–Crippen LogP) is 2.71. The van der Waals surface area contributed by atoms with Crippen molar-refractivity contribution in [2.75, 3.05) is 20.2 Å². The zero-order valence-electron chi connectivity index (χ0n) is 17.4. The highest BCUT2D eigenvalue weighted by atomic mass is 19.1. The summed E-state index contributed by atoms with van der Waals surface area (Å²) in [4.78, 5) is 30.1. The molecular formula is C23H25FN4O3. The van der Waals surface area contributed by atoms with Crippen molar-refractivity contribution < 1.29 is 18.7 Å². The molecule has 1 atom stereocenters. The second-order valence-electron chi connectivity index (χ2n) is 7.96. The second-order valence-corrected chi connectivity index (χ2v) is 7.96. The summed E-state index contributed by atoms with van der Waals surface area (Å²) in [6, 6.07) is 8.12. The number of primary amides is 1. The van der Waals surface area contributed by atoms with E-state index in [1.165, 1.54) is 19.2 Å². The first-order valence-electron chi connectivity index (χ1n) is 10.3. The number of esters is 1. The number of pyridine rings is 1. The molecule has 0 bridgehead atoms. The lowest BCUT2D eigenvalue weighted by Crippen LogP contribution is -2.40. The molecule has 162 valence electrons. The number of hydrogen-bond acceptors (Lipinski definition) is 5. The van der Waals surface area contributed by atoms with Crippen LogP contribution < -0.4 is 5.73 Å². The number of aromatic nitrogens is 2. The maximum Gasteiger partial charge on any atom is 0.356 e. The van der Waals surface area contributed by atoms with E-state index in [0.29, 0.717) is 19.6 Å². The molecule has 1 aromatic carbocycles. The van der Waals surface area contributed by atoms with Crippen LogP contribution in [0.25, 0.3) is 10.9 Å². The van der Waals surface area contributed by atoms with Crippen LogP contribution >= 0.6 is 0 Å². The molecule has 1 amide bonds. The molecular weight excluding hydrogens is 399 g/mol. The van der Waals surface area contributed by atoms with E-state index >= 15 is 0 Å². The Morgan fingerprint density at radius 2 is 2.03 bits per heavy atom. The summed E-state index contributed by atoms with van der Waals surface area (Å²) in [5.74, 6) is -1.18. The van der Waals surface area contributed by atoms with Gasteiger partial charge >= 0.3 is 5.97 Å². The smallest absolute Gasteiger partial charge is 0.356 e. The van der Waals surface area contributed by atoms with Crippen LogP contribution in [0, 0.1) is 11.7 Å². The number of nitrogens with zero attached hydrogens (tertiary/aromatic N) is 3. The molecule has 2 aromatic heterocycles. The zero-order chi connectivity index (χ0) is 22.0. The molecule has 3 aromatic rings. The second kappa shape index (κ2) is 8.85. The predicted molar refractivity (Wildman–Crippen MR) is 114 cm³/mol. The lowest BCUT2D eigenvalue weighted by molar-refractivity contribution is -0.123. The highest BCUT2D eigenvalue weighted by Gasteiger charge is 2.25. The Hall–Kier alpha value is -3.26. The molecule has 3 heterocycles. The first-order chi connectivity index (χ1) is 14.9. The fourth-order valence-electron chi connectivity index (χ4n) is 4.19. The highest BCUT2D eigenvalue weighted by Crippen LogP contribution is 2.26. The monoisotopic (exact) mass is 424 g/mol. The number of halogens is 1. The van der Waals surface area contributed by atoms with Gasteiger partial charge in [-0.05, 0) is 48.7 Å². The van der Waals surface area contributed by atoms with Gasteiger partial charge in [0.2, 0.25) is 5.91 Å². The fourth-order valence-corrected chi connectivity index (χ4v) is 4.19. The Labute approximate surface area is 179 Å². The summed E-state index contributed by atoms with van der Waals surface area (Å²) in [7, 11) is 1.33. The highest BCUT2D eigenvalue weighted by molar-refractivity contribution is 5.93. The van der Waals surface area contributed by atoms with Gasteiger partial charge in [-0.1, -0.05) is 12.1 Å². The number of likely N-dealkylation sites (tertiary alicyclic amines) is 1. The first-order valence-corrected chi connectivity index (χ1v) is 10.3. The standard InChI is InChI=1S/C23H25FN4O3/c1-31-23(30)20-9-19-17(13-27-8-2-3-16(12-27)22(25)29)14-28(21(19)10-26-20)11-15-4-6-18(24)7-5-15/h4-7,9-10,14,16H,2-3,8,11-13H2,1H3,(H2,25,29). The number of piperidine rings is 1. The molecule has 8 heteroatoms. The van der Waals surface area contributed by atoms with E-state index in [0.717, 1.165) is 41.4 Å². The number of carbonyl (C=O) groups is 2. The third-order valence-electron chi connectivity index (χ3n) is 5.81. The van der Waals surface area contributed by atoms with Crippen LogP contribution in [-0.2, 0) is 22.6 Å². The number of fused-ring (bicyclic) bond motifs is 1. The van der Waals surface area contributed by atoms with Gasteiger partial charge in [-0.2, -0.15) is 0 Å². The van der Waals surface area contributed by atoms with Crippen molar-refractivity contribution in [3.05, 3.63) is 65.4 Å². The molecule has 1 fully saturated rings. The van der Waals surface area contributed by atoms with E-state index in [2.05, 4.69) is 9.88 Å². The average Bonchev–Trinajstić information content (AvgIpc) is 3.11. The average molecular weight is 424 g/mol. The molecule has 1 saturated heterocycles. The summed E-state index contributed by atoms with van der Waals surface area (Å²) in [5, 5.41) is 0.902. The molecule has 31 heavy (non-hydrogen) atoms. The Balaban J connectivity index is 1.69. The topological polar surface area (TPSA) is 90.5 Å². The lowest BCUT2D eigenvalue weighted by atomic mass is 9.97. The Morgan fingerprint density at radius 1 is 1.26 bits per heavy atom. The summed E-state index contributed by atoms with van der Waals surface area (Å²) >= 11 is 0. The number of amides is 1. The van der Waals surface area contributed by atoms with Crippen LogP contribution in [-0.4, -0.2) is 46.5 Å². The summed E-state index contributed by atoms with van der Waals surface area (Å²) < 4.78 is 20.2. The summed E-state index contributed by atoms with van der Waals surface area (Å²) in [5.41, 5.74) is 8.61. The van der Waals surface area contributed by atoms with Crippen molar-refractivity contribution in [1.29, 1.82) is 0 Å². The Bertz CT molecular complexity index is 1110. The normalized spacial score (nSPS) is 17.0. The maximum absolute atomic E-state index is 13.3. The van der Waals surface area contributed by atoms with Gasteiger partial charge in [0.25, 0.3) is 0 Å². The number of carbonyl (C=O) groups excluding carboxylic acids is 2. The van der Waals surface area contributed by atoms with Crippen LogP contribution in [0.2, 0.25) is 0 Å². The van der Waals surface area contributed by atoms with Gasteiger partial charge in [-0.25, -0.2) is 14.2 Å². The zero-order valence-corrected chi connectivity index (χ0v) is 17.4. The summed E-state index contributed by atoms with van der Waals surface area (Å²) in [6.45, 7) is 2.67. The number of hydrogen-bond donors (Lipinski definition) is 1. The molecule has 1 aliphatic heterocycles. The molecule has 0 spiro atoms. The van der Waals surface area contributed by atoms with Gasteiger partial charge in [0.1, 0.15) is 11.5 Å². The molecule has 0 radical (unpaired) electrons. The van der Waals surface area contributed by atoms with Crippen molar-refractivity contribution in [1.82, 2.24) is 14.5 Å². The number of rotatable bonds is 6. The molecule has 1 aliphatic rings. The van der Waals surface area contributed by atoms with Crippen molar-refractivity contribution in [3.63, 3.8) is 0 Å².